The Hall–Kier alpha value is -2.19. The molecule has 2 heterocycles. The van der Waals surface area contributed by atoms with Crippen LogP contribution in [0.5, 0.6) is 0 Å². The zero-order chi connectivity index (χ0) is 25.2. The van der Waals surface area contributed by atoms with Crippen molar-refractivity contribution in [3.63, 3.8) is 0 Å². The Morgan fingerprint density at radius 2 is 1.86 bits per heavy atom. The van der Waals surface area contributed by atoms with Gasteiger partial charge in [0, 0.05) is 28.2 Å². The summed E-state index contributed by atoms with van der Waals surface area (Å²) in [6.45, 7) is 0. The molecule has 2 aromatic carbocycles. The van der Waals surface area contributed by atoms with Crippen LogP contribution in [0.4, 0.5) is 10.1 Å². The number of anilines is 1. The third-order valence-corrected chi connectivity index (χ3v) is 9.29. The number of fused-ring (bicyclic) bond motifs is 3. The number of aliphatic hydroxyl groups excluding tert-OH is 1. The van der Waals surface area contributed by atoms with Crippen molar-refractivity contribution in [3.8, 4) is 0 Å². The Balaban J connectivity index is 1.58. The summed E-state index contributed by atoms with van der Waals surface area (Å²) in [5.41, 5.74) is -0.432. The van der Waals surface area contributed by atoms with E-state index in [0.717, 1.165) is 24.8 Å². The maximum absolute atomic E-state index is 15.8. The molecular weight excluding hydrogens is 504 g/mol. The first kappa shape index (κ1) is 24.2. The molecular formula is C27H28Cl2FN3O3. The van der Waals surface area contributed by atoms with E-state index in [0.29, 0.717) is 36.4 Å². The van der Waals surface area contributed by atoms with Crippen LogP contribution in [0.15, 0.2) is 36.4 Å². The molecule has 4 aliphatic rings. The van der Waals surface area contributed by atoms with Crippen LogP contribution in [-0.2, 0) is 15.0 Å². The van der Waals surface area contributed by atoms with E-state index in [1.165, 1.54) is 6.07 Å². The maximum atomic E-state index is 15.8. The van der Waals surface area contributed by atoms with Gasteiger partial charge in [-0.15, -0.1) is 0 Å². The van der Waals surface area contributed by atoms with E-state index in [1.54, 1.807) is 24.3 Å². The first-order valence-electron chi connectivity index (χ1n) is 12.6. The van der Waals surface area contributed by atoms with Gasteiger partial charge in [0.25, 0.3) is 0 Å². The second-order valence-corrected chi connectivity index (χ2v) is 11.5. The highest BCUT2D eigenvalue weighted by Crippen LogP contribution is 2.62. The van der Waals surface area contributed by atoms with Gasteiger partial charge < -0.3 is 15.7 Å². The van der Waals surface area contributed by atoms with Crippen molar-refractivity contribution in [3.05, 3.63) is 63.4 Å². The summed E-state index contributed by atoms with van der Waals surface area (Å²) in [5.74, 6) is -2.02. The number of nitrogens with one attached hydrogen (secondary N) is 3. The minimum atomic E-state index is -1.24. The Bertz CT molecular complexity index is 1240. The molecule has 3 fully saturated rings. The molecule has 9 heteroatoms. The lowest BCUT2D eigenvalue weighted by Gasteiger charge is -2.47. The van der Waals surface area contributed by atoms with Crippen molar-refractivity contribution in [2.45, 2.75) is 80.0 Å². The van der Waals surface area contributed by atoms with E-state index < -0.39 is 34.8 Å². The molecule has 6 rings (SSSR count). The smallest absolute Gasteiger partial charge is 0.238 e. The van der Waals surface area contributed by atoms with Crippen molar-refractivity contribution >= 4 is 40.7 Å². The number of rotatable bonds is 3. The second-order valence-electron chi connectivity index (χ2n) is 10.7. The van der Waals surface area contributed by atoms with Crippen molar-refractivity contribution in [2.24, 2.45) is 0 Å². The van der Waals surface area contributed by atoms with E-state index in [9.17, 15) is 14.7 Å². The summed E-state index contributed by atoms with van der Waals surface area (Å²) < 4.78 is 15.8. The van der Waals surface area contributed by atoms with Crippen LogP contribution in [-0.4, -0.2) is 40.6 Å². The number of hydrogen-bond acceptors (Lipinski definition) is 4. The molecule has 2 aliphatic carbocycles. The monoisotopic (exact) mass is 531 g/mol. The number of carbonyl (C=O) groups excluding carboxylic acids is 2. The number of halogens is 3. The quantitative estimate of drug-likeness (QED) is 0.471. The van der Waals surface area contributed by atoms with Crippen molar-refractivity contribution < 1.29 is 19.1 Å². The van der Waals surface area contributed by atoms with Crippen LogP contribution >= 0.6 is 23.2 Å². The lowest BCUT2D eigenvalue weighted by Crippen LogP contribution is -2.60. The number of benzene rings is 2. The highest BCUT2D eigenvalue weighted by Gasteiger charge is 2.72. The average Bonchev–Trinajstić information content (AvgIpc) is 3.28. The van der Waals surface area contributed by atoms with Gasteiger partial charge in [-0.1, -0.05) is 60.7 Å². The van der Waals surface area contributed by atoms with E-state index in [2.05, 4.69) is 16.0 Å². The number of hydrogen-bond donors (Lipinski definition) is 4. The molecule has 6 nitrogen and oxygen atoms in total. The summed E-state index contributed by atoms with van der Waals surface area (Å²) in [4.78, 5) is 28.0. The van der Waals surface area contributed by atoms with E-state index in [-0.39, 0.29) is 28.4 Å². The standard InChI is InChI=1S/C27H28Cl2FN3O3/c28-14-7-8-18-20(11-14)32-25(36)27(18)21(17-5-4-6-19(29)22(17)30)23(24(35)31-15-12-16(34)13-15)33-26(27)9-2-1-3-10-26/h4-8,11,15-16,21,23,33-34H,1-3,9-10,12-13H2,(H,31,35)(H,32,36)/t15?,16?,21-,23+,27+/m0/s1. The maximum Gasteiger partial charge on any atom is 0.238 e. The average molecular weight is 532 g/mol. The Morgan fingerprint density at radius 3 is 2.58 bits per heavy atom. The van der Waals surface area contributed by atoms with Gasteiger partial charge in [0.1, 0.15) is 11.2 Å². The zero-order valence-electron chi connectivity index (χ0n) is 19.6. The summed E-state index contributed by atoms with van der Waals surface area (Å²) in [6, 6.07) is 9.04. The summed E-state index contributed by atoms with van der Waals surface area (Å²) in [7, 11) is 0. The van der Waals surface area contributed by atoms with Crippen LogP contribution in [0.25, 0.3) is 0 Å². The predicted octanol–water partition coefficient (Wildman–Crippen LogP) is 4.42. The van der Waals surface area contributed by atoms with Gasteiger partial charge in [0.2, 0.25) is 11.8 Å². The van der Waals surface area contributed by atoms with Crippen LogP contribution in [0, 0.1) is 5.82 Å². The Labute approximate surface area is 218 Å². The third kappa shape index (κ3) is 3.36. The Kier molecular flexibility index (Phi) is 5.83. The fourth-order valence-electron chi connectivity index (χ4n) is 7.21. The fourth-order valence-corrected chi connectivity index (χ4v) is 7.57. The lowest BCUT2D eigenvalue weighted by atomic mass is 9.55. The van der Waals surface area contributed by atoms with E-state index >= 15 is 4.39 Å². The molecule has 2 aliphatic heterocycles. The molecule has 190 valence electrons. The van der Waals surface area contributed by atoms with Crippen LogP contribution < -0.4 is 16.0 Å². The topological polar surface area (TPSA) is 90.5 Å². The van der Waals surface area contributed by atoms with Gasteiger partial charge >= 0.3 is 0 Å². The van der Waals surface area contributed by atoms with Crippen LogP contribution in [0.2, 0.25) is 10.0 Å². The highest BCUT2D eigenvalue weighted by molar-refractivity contribution is 6.31. The molecule has 2 amide bonds. The highest BCUT2D eigenvalue weighted by atomic mass is 35.5. The third-order valence-electron chi connectivity index (χ3n) is 8.76. The van der Waals surface area contributed by atoms with Gasteiger partial charge in [-0.3, -0.25) is 14.9 Å². The Morgan fingerprint density at radius 1 is 1.11 bits per heavy atom. The lowest BCUT2D eigenvalue weighted by molar-refractivity contribution is -0.125. The molecule has 4 N–H and O–H groups in total. The van der Waals surface area contributed by atoms with Gasteiger partial charge in [0.15, 0.2) is 0 Å². The number of aliphatic hydroxyl groups is 1. The van der Waals surface area contributed by atoms with Gasteiger partial charge in [0.05, 0.1) is 17.2 Å². The van der Waals surface area contributed by atoms with E-state index in [1.807, 2.05) is 6.07 Å². The summed E-state index contributed by atoms with van der Waals surface area (Å²) in [6.07, 6.45) is 4.68. The minimum Gasteiger partial charge on any atom is -0.393 e. The molecule has 3 atom stereocenters. The van der Waals surface area contributed by atoms with Crippen molar-refractivity contribution in [1.82, 2.24) is 10.6 Å². The van der Waals surface area contributed by atoms with Crippen LogP contribution in [0.1, 0.15) is 62.0 Å². The predicted molar refractivity (Wildman–Crippen MR) is 136 cm³/mol. The van der Waals surface area contributed by atoms with Gasteiger partial charge in [-0.05, 0) is 55.0 Å². The molecule has 0 bridgehead atoms. The molecule has 2 spiro atoms. The molecule has 36 heavy (non-hydrogen) atoms. The van der Waals surface area contributed by atoms with E-state index in [4.69, 9.17) is 23.2 Å². The number of amides is 2. The van der Waals surface area contributed by atoms with Crippen molar-refractivity contribution in [1.29, 1.82) is 0 Å². The molecule has 1 saturated heterocycles. The summed E-state index contributed by atoms with van der Waals surface area (Å²) in [5, 5.41) is 19.8. The SMILES string of the molecule is O=C(NC1CC(O)C1)[C@@H]1NC2(CCCCC2)[C@@]2(C(=O)Nc3cc(Cl)ccc32)[C@H]1c1cccc(Cl)c1F. The van der Waals surface area contributed by atoms with Gasteiger partial charge in [-0.2, -0.15) is 0 Å². The van der Waals surface area contributed by atoms with Crippen LogP contribution in [0.3, 0.4) is 0 Å². The summed E-state index contributed by atoms with van der Waals surface area (Å²) >= 11 is 12.5. The first-order valence-corrected chi connectivity index (χ1v) is 13.3. The second kappa shape index (κ2) is 8.69. The van der Waals surface area contributed by atoms with Crippen molar-refractivity contribution in [2.75, 3.05) is 5.32 Å². The largest absolute Gasteiger partial charge is 0.393 e. The number of carbonyl (C=O) groups is 2. The fraction of sp³-hybridized carbons (Fsp3) is 0.481. The van der Waals surface area contributed by atoms with Gasteiger partial charge in [-0.25, -0.2) is 4.39 Å². The molecule has 0 radical (unpaired) electrons. The zero-order valence-corrected chi connectivity index (χ0v) is 21.1. The molecule has 0 unspecified atom stereocenters. The minimum absolute atomic E-state index is 0.0525. The first-order chi connectivity index (χ1) is 17.3. The molecule has 0 aromatic heterocycles. The normalized spacial score (nSPS) is 32.3. The molecule has 2 saturated carbocycles. The molecule has 2 aromatic rings.